The van der Waals surface area contributed by atoms with Crippen LogP contribution in [0.3, 0.4) is 0 Å². The van der Waals surface area contributed by atoms with E-state index in [1.807, 2.05) is 18.2 Å². The third-order valence-electron chi connectivity index (χ3n) is 12.0. The maximum atomic E-state index is 13.9. The number of nitrogens with zero attached hydrogens (tertiary/aromatic N) is 4. The maximum absolute atomic E-state index is 13.9. The molecule has 2 amide bonds. The zero-order valence-corrected chi connectivity index (χ0v) is 36.4. The summed E-state index contributed by atoms with van der Waals surface area (Å²) in [5.41, 5.74) is 8.12. The molecule has 332 valence electrons. The highest BCUT2D eigenvalue weighted by Gasteiger charge is 2.46. The number of carbonyl (C=O) groups excluding carboxylic acids is 2. The van der Waals surface area contributed by atoms with E-state index in [0.29, 0.717) is 23.5 Å². The largest absolute Gasteiger partial charge is 0.355 e. The van der Waals surface area contributed by atoms with E-state index < -0.39 is 37.7 Å². The van der Waals surface area contributed by atoms with Crippen LogP contribution in [0, 0.1) is 0 Å². The number of carbonyl (C=O) groups is 2. The number of anilines is 8. The highest BCUT2D eigenvalue weighted by Crippen LogP contribution is 2.53. The summed E-state index contributed by atoms with van der Waals surface area (Å²) in [6.07, 6.45) is 0.412. The molecule has 0 saturated carbocycles. The van der Waals surface area contributed by atoms with E-state index in [0.717, 1.165) is 50.0 Å². The molecule has 0 unspecified atom stereocenters. The van der Waals surface area contributed by atoms with Crippen molar-refractivity contribution in [2.75, 3.05) is 33.1 Å². The van der Waals surface area contributed by atoms with Crippen molar-refractivity contribution in [2.45, 2.75) is 21.9 Å². The van der Waals surface area contributed by atoms with Crippen molar-refractivity contribution in [3.8, 4) is 11.1 Å². The molecule has 2 aliphatic heterocycles. The van der Waals surface area contributed by atoms with Crippen LogP contribution in [0.25, 0.3) is 21.9 Å². The second-order valence-electron chi connectivity index (χ2n) is 16.1. The van der Waals surface area contributed by atoms with Gasteiger partial charge in [-0.3, -0.25) is 23.6 Å². The highest BCUT2D eigenvalue weighted by atomic mass is 32.2. The van der Waals surface area contributed by atoms with Gasteiger partial charge in [0.1, 0.15) is 0 Å². The first-order chi connectivity index (χ1) is 32.2. The molecule has 8 aromatic rings. The topological polar surface area (TPSA) is 245 Å². The quantitative estimate of drug-likeness (QED) is 0.0476. The lowest BCUT2D eigenvalue weighted by Crippen LogP contribution is -2.44. The molecule has 0 bridgehead atoms. The van der Waals surface area contributed by atoms with Crippen LogP contribution in [0.2, 0.25) is 0 Å². The van der Waals surface area contributed by atoms with Crippen LogP contribution in [0.5, 0.6) is 0 Å². The van der Waals surface area contributed by atoms with Gasteiger partial charge in [-0.05, 0) is 107 Å². The van der Waals surface area contributed by atoms with Crippen molar-refractivity contribution in [2.24, 2.45) is 0 Å². The van der Waals surface area contributed by atoms with Crippen LogP contribution in [0.4, 0.5) is 46.3 Å². The van der Waals surface area contributed by atoms with E-state index in [4.69, 9.17) is 0 Å². The first kappa shape index (κ1) is 41.5. The molecule has 7 N–H and O–H groups in total. The fourth-order valence-corrected chi connectivity index (χ4v) is 9.86. The Morgan fingerprint density at radius 3 is 1.63 bits per heavy atom. The minimum atomic E-state index is -4.44. The molecule has 17 nitrogen and oxygen atoms in total. The molecule has 3 aliphatic rings. The number of amides is 2. The van der Waals surface area contributed by atoms with E-state index >= 15 is 0 Å². The molecule has 0 saturated heterocycles. The number of fused-ring (bicyclic) bond motifs is 6. The van der Waals surface area contributed by atoms with Gasteiger partial charge in [0.15, 0.2) is 5.66 Å². The fourth-order valence-electron chi connectivity index (χ4n) is 8.90. The number of hydrogen-bond acceptors (Lipinski definition) is 14. The molecule has 7 aromatic carbocycles. The Balaban J connectivity index is 0.833. The van der Waals surface area contributed by atoms with E-state index in [-0.39, 0.29) is 45.3 Å². The normalized spacial score (nSPS) is 14.3. The zero-order valence-electron chi connectivity index (χ0n) is 34.7. The lowest BCUT2D eigenvalue weighted by atomic mass is 9.91. The van der Waals surface area contributed by atoms with Gasteiger partial charge in [0.2, 0.25) is 17.8 Å². The molecule has 0 fully saturated rings. The van der Waals surface area contributed by atoms with Gasteiger partial charge >= 0.3 is 0 Å². The standard InChI is InChI=1S/C48H35N9O8S2/c58-43-35-21-16-31(51-47-53-45(49-29-12-17-32(18-13-29)66(60,61)62)52-46(54-47)50-30-14-19-33(20-15-30)67(63,64)65)26-37(35)44(59)57(43)24-23-27-11-22-39-36(25-27)34-7-1-2-8-38(34)48(39)55-40-9-3-5-28-6-4-10-41(56-48)42(28)40/h1-22,25-26,55-56H,23-24H2,(H,60,61,62)(H,63,64,65)(H3,49,50,51,52,53,54). The molecule has 1 spiro atoms. The second kappa shape index (κ2) is 15.5. The fraction of sp³-hybridized carbons (Fsp3) is 0.0625. The molecule has 67 heavy (non-hydrogen) atoms. The van der Waals surface area contributed by atoms with Gasteiger partial charge in [-0.2, -0.15) is 31.8 Å². The van der Waals surface area contributed by atoms with E-state index in [2.05, 4.69) is 102 Å². The number of hydrogen-bond donors (Lipinski definition) is 7. The van der Waals surface area contributed by atoms with Crippen LogP contribution in [0.1, 0.15) is 37.4 Å². The summed E-state index contributed by atoms with van der Waals surface area (Å²) in [4.78, 5) is 41.5. The summed E-state index contributed by atoms with van der Waals surface area (Å²) in [6.45, 7) is 0.139. The van der Waals surface area contributed by atoms with Crippen molar-refractivity contribution in [3.05, 3.63) is 173 Å². The number of nitrogens with one attached hydrogen (secondary N) is 5. The van der Waals surface area contributed by atoms with Gasteiger partial charge in [0.25, 0.3) is 32.1 Å². The van der Waals surface area contributed by atoms with Gasteiger partial charge in [0.05, 0.1) is 20.9 Å². The predicted molar refractivity (Wildman–Crippen MR) is 252 cm³/mol. The molecule has 1 aliphatic carbocycles. The highest BCUT2D eigenvalue weighted by molar-refractivity contribution is 7.86. The summed E-state index contributed by atoms with van der Waals surface area (Å²) in [5, 5.41) is 18.9. The smallest absolute Gasteiger partial charge is 0.294 e. The van der Waals surface area contributed by atoms with E-state index in [1.54, 1.807) is 12.1 Å². The number of rotatable bonds is 11. The molecule has 11 rings (SSSR count). The second-order valence-corrected chi connectivity index (χ2v) is 18.9. The molecule has 1 aromatic heterocycles. The summed E-state index contributed by atoms with van der Waals surface area (Å²) in [6, 6.07) is 42.1. The molecular weight excluding hydrogens is 895 g/mol. The van der Waals surface area contributed by atoms with Crippen LogP contribution >= 0.6 is 0 Å². The third kappa shape index (κ3) is 7.41. The summed E-state index contributed by atoms with van der Waals surface area (Å²) < 4.78 is 65.2. The third-order valence-corrected chi connectivity index (χ3v) is 13.7. The molecule has 3 heterocycles. The first-order valence-corrected chi connectivity index (χ1v) is 23.6. The Kier molecular flexibility index (Phi) is 9.56. The Morgan fingerprint density at radius 1 is 0.522 bits per heavy atom. The Morgan fingerprint density at radius 2 is 1.04 bits per heavy atom. The van der Waals surface area contributed by atoms with Gasteiger partial charge in [0, 0.05) is 51.5 Å². The molecule has 0 radical (unpaired) electrons. The van der Waals surface area contributed by atoms with Crippen LogP contribution in [-0.2, 0) is 32.3 Å². The van der Waals surface area contributed by atoms with Crippen molar-refractivity contribution in [1.82, 2.24) is 19.9 Å². The Labute approximate surface area is 382 Å². The summed E-state index contributed by atoms with van der Waals surface area (Å²) in [5.74, 6) is -0.935. The average molecular weight is 930 g/mol. The lowest BCUT2D eigenvalue weighted by Gasteiger charge is -2.40. The van der Waals surface area contributed by atoms with E-state index in [9.17, 15) is 35.5 Å². The van der Waals surface area contributed by atoms with Crippen molar-refractivity contribution < 1.29 is 35.5 Å². The van der Waals surface area contributed by atoms with Gasteiger partial charge < -0.3 is 26.6 Å². The average Bonchev–Trinajstić information content (AvgIpc) is 3.70. The number of benzene rings is 7. The van der Waals surface area contributed by atoms with Gasteiger partial charge in [-0.25, -0.2) is 0 Å². The predicted octanol–water partition coefficient (Wildman–Crippen LogP) is 8.31. The van der Waals surface area contributed by atoms with Gasteiger partial charge in [-0.15, -0.1) is 0 Å². The Bertz CT molecular complexity index is 3490. The van der Waals surface area contributed by atoms with Gasteiger partial charge in [-0.1, -0.05) is 66.7 Å². The minimum Gasteiger partial charge on any atom is -0.355 e. The van der Waals surface area contributed by atoms with Crippen LogP contribution in [-0.4, -0.2) is 64.2 Å². The van der Waals surface area contributed by atoms with Crippen molar-refractivity contribution >= 4 is 89.1 Å². The molecule has 19 heteroatoms. The maximum Gasteiger partial charge on any atom is 0.294 e. The number of aromatic nitrogens is 3. The summed E-state index contributed by atoms with van der Waals surface area (Å²) in [7, 11) is -8.88. The zero-order chi connectivity index (χ0) is 46.2. The van der Waals surface area contributed by atoms with Crippen LogP contribution in [0.15, 0.2) is 155 Å². The SMILES string of the molecule is O=C1c2ccc(Nc3nc(Nc4ccc(S(=O)(=O)O)cc4)nc(Nc4ccc(S(=O)(=O)O)cc4)n3)cc2C(=O)N1CCc1ccc2c(c1)-c1ccccc1C21Nc2cccc3cccc(c23)N1. The van der Waals surface area contributed by atoms with E-state index in [1.165, 1.54) is 59.5 Å². The Hall–Kier alpha value is -8.23. The minimum absolute atomic E-state index is 0.0162. The molecule has 0 atom stereocenters. The number of imide groups is 1. The first-order valence-electron chi connectivity index (χ1n) is 20.7. The van der Waals surface area contributed by atoms with Crippen molar-refractivity contribution in [1.29, 1.82) is 0 Å². The summed E-state index contributed by atoms with van der Waals surface area (Å²) >= 11 is 0. The van der Waals surface area contributed by atoms with Crippen molar-refractivity contribution in [3.63, 3.8) is 0 Å². The monoisotopic (exact) mass is 929 g/mol. The molecular formula is C48H35N9O8S2. The lowest BCUT2D eigenvalue weighted by molar-refractivity contribution is 0.0656. The van der Waals surface area contributed by atoms with Crippen LogP contribution < -0.4 is 26.6 Å².